The van der Waals surface area contributed by atoms with Gasteiger partial charge >= 0.3 is 6.09 Å². The molecule has 2 fully saturated rings. The Morgan fingerprint density at radius 2 is 1.91 bits per heavy atom. The number of pyridine rings is 2. The predicted molar refractivity (Wildman–Crippen MR) is 133 cm³/mol. The smallest absolute Gasteiger partial charge is 0.410 e. The Morgan fingerprint density at radius 1 is 1.14 bits per heavy atom. The van der Waals surface area contributed by atoms with Crippen LogP contribution in [0.5, 0.6) is 11.5 Å². The molecule has 190 valence electrons. The highest BCUT2D eigenvalue weighted by atomic mass is 16.6. The van der Waals surface area contributed by atoms with Crippen LogP contribution in [0.4, 0.5) is 16.3 Å². The van der Waals surface area contributed by atoms with Crippen LogP contribution in [-0.4, -0.2) is 66.1 Å². The monoisotopic (exact) mass is 484 g/mol. The van der Waals surface area contributed by atoms with Crippen molar-refractivity contribution in [3.05, 3.63) is 35.8 Å². The molecule has 0 aromatic carbocycles. The van der Waals surface area contributed by atoms with Gasteiger partial charge in [-0.2, -0.15) is 0 Å². The second kappa shape index (κ2) is 11.6. The Labute approximate surface area is 207 Å². The summed E-state index contributed by atoms with van der Waals surface area (Å²) in [5.74, 6) is 1.72. The van der Waals surface area contributed by atoms with Gasteiger partial charge in [0, 0.05) is 50.3 Å². The van der Waals surface area contributed by atoms with Crippen LogP contribution in [0.25, 0.3) is 0 Å². The first-order valence-corrected chi connectivity index (χ1v) is 12.4. The number of rotatable bonds is 10. The van der Waals surface area contributed by atoms with Crippen molar-refractivity contribution >= 4 is 17.6 Å². The zero-order chi connectivity index (χ0) is 24.8. The maximum absolute atomic E-state index is 12.1. The highest BCUT2D eigenvalue weighted by molar-refractivity contribution is 5.68. The number of nitrogens with one attached hydrogen (secondary N) is 1. The predicted octanol–water partition coefficient (Wildman–Crippen LogP) is 4.65. The molecule has 35 heavy (non-hydrogen) atoms. The summed E-state index contributed by atoms with van der Waals surface area (Å²) >= 11 is 0. The molecule has 0 spiro atoms. The number of amides is 1. The summed E-state index contributed by atoms with van der Waals surface area (Å²) in [5.41, 5.74) is 2.75. The summed E-state index contributed by atoms with van der Waals surface area (Å²) in [5, 5.41) is 3.34. The van der Waals surface area contributed by atoms with Crippen LogP contribution in [0, 0.1) is 6.92 Å². The number of anilines is 2. The van der Waals surface area contributed by atoms with E-state index in [0.29, 0.717) is 43.1 Å². The van der Waals surface area contributed by atoms with Crippen LogP contribution in [0.3, 0.4) is 0 Å². The molecule has 1 aliphatic carbocycles. The van der Waals surface area contributed by atoms with Crippen molar-refractivity contribution in [3.8, 4) is 11.5 Å². The van der Waals surface area contributed by atoms with E-state index in [1.165, 1.54) is 12.8 Å². The van der Waals surface area contributed by atoms with Gasteiger partial charge in [-0.3, -0.25) is 4.98 Å². The van der Waals surface area contributed by atoms with Crippen molar-refractivity contribution in [2.24, 2.45) is 0 Å². The molecule has 1 saturated carbocycles. The molecule has 1 amide bonds. The van der Waals surface area contributed by atoms with E-state index in [4.69, 9.17) is 23.9 Å². The van der Waals surface area contributed by atoms with Crippen molar-refractivity contribution < 1.29 is 23.7 Å². The van der Waals surface area contributed by atoms with E-state index in [-0.39, 0.29) is 18.3 Å². The van der Waals surface area contributed by atoms with Gasteiger partial charge in [0.1, 0.15) is 6.10 Å². The number of ether oxygens (including phenoxy) is 4. The first-order valence-electron chi connectivity index (χ1n) is 12.4. The molecule has 0 unspecified atom stereocenters. The van der Waals surface area contributed by atoms with Crippen molar-refractivity contribution in [1.82, 2.24) is 14.9 Å². The zero-order valence-electron chi connectivity index (χ0n) is 21.1. The summed E-state index contributed by atoms with van der Waals surface area (Å²) in [6, 6.07) is 5.82. The molecule has 2 aromatic heterocycles. The number of methoxy groups -OCH3 is 1. The lowest BCUT2D eigenvalue weighted by atomic mass is 10.1. The largest absolute Gasteiger partial charge is 0.490 e. The molecule has 0 atom stereocenters. The lowest BCUT2D eigenvalue weighted by molar-refractivity contribution is 0.0511. The SMILES string of the molecule is COc1c(OC2CCN(C(=O)OC(C)C)CC2)ccnc1Nc1ccc(CCOC2CC2)nc1C. The van der Waals surface area contributed by atoms with Gasteiger partial charge in [-0.05, 0) is 45.7 Å². The van der Waals surface area contributed by atoms with Crippen molar-refractivity contribution in [2.75, 3.05) is 32.1 Å². The van der Waals surface area contributed by atoms with E-state index in [2.05, 4.69) is 10.3 Å². The van der Waals surface area contributed by atoms with E-state index >= 15 is 0 Å². The number of hydrogen-bond donors (Lipinski definition) is 1. The molecule has 2 aliphatic rings. The molecule has 0 bridgehead atoms. The molecular weight excluding hydrogens is 448 g/mol. The number of aryl methyl sites for hydroxylation is 1. The fourth-order valence-corrected chi connectivity index (χ4v) is 4.00. The Hall–Kier alpha value is -3.07. The second-order valence-electron chi connectivity index (χ2n) is 9.31. The van der Waals surface area contributed by atoms with Crippen LogP contribution in [-0.2, 0) is 15.9 Å². The van der Waals surface area contributed by atoms with E-state index in [1.807, 2.05) is 32.9 Å². The normalized spacial score (nSPS) is 16.3. The van der Waals surface area contributed by atoms with Gasteiger partial charge in [0.25, 0.3) is 0 Å². The van der Waals surface area contributed by atoms with Gasteiger partial charge in [0.05, 0.1) is 37.3 Å². The van der Waals surface area contributed by atoms with Gasteiger partial charge in [0.15, 0.2) is 11.6 Å². The number of piperidine rings is 1. The van der Waals surface area contributed by atoms with Crippen LogP contribution in [0.2, 0.25) is 0 Å². The maximum Gasteiger partial charge on any atom is 0.410 e. The number of nitrogens with zero attached hydrogens (tertiary/aromatic N) is 3. The van der Waals surface area contributed by atoms with Gasteiger partial charge in [-0.25, -0.2) is 9.78 Å². The van der Waals surface area contributed by atoms with E-state index in [9.17, 15) is 4.79 Å². The maximum atomic E-state index is 12.1. The molecule has 3 heterocycles. The quantitative estimate of drug-likeness (QED) is 0.521. The number of hydrogen-bond acceptors (Lipinski definition) is 8. The molecule has 9 heteroatoms. The third-order valence-electron chi connectivity index (χ3n) is 6.04. The fraction of sp³-hybridized carbons (Fsp3) is 0.577. The standard InChI is InChI=1S/C26H36N4O5/c1-17(2)34-26(31)30-14-10-21(11-15-30)35-23-9-13-27-25(24(23)32-4)29-22-8-5-19(28-18(22)3)12-16-33-20-6-7-20/h5,8-9,13,17,20-21H,6-7,10-12,14-16H2,1-4H3,(H,27,29). The molecule has 1 saturated heterocycles. The summed E-state index contributed by atoms with van der Waals surface area (Å²) < 4.78 is 23.0. The fourth-order valence-electron chi connectivity index (χ4n) is 4.00. The molecule has 1 aliphatic heterocycles. The van der Waals surface area contributed by atoms with Crippen LogP contribution < -0.4 is 14.8 Å². The minimum Gasteiger partial charge on any atom is -0.490 e. The molecule has 9 nitrogen and oxygen atoms in total. The Kier molecular flexibility index (Phi) is 8.28. The van der Waals surface area contributed by atoms with Crippen LogP contribution >= 0.6 is 0 Å². The van der Waals surface area contributed by atoms with Gasteiger partial charge < -0.3 is 29.2 Å². The summed E-state index contributed by atoms with van der Waals surface area (Å²) in [6.07, 6.45) is 6.33. The second-order valence-corrected chi connectivity index (χ2v) is 9.31. The number of carbonyl (C=O) groups is 1. The average Bonchev–Trinajstić information content (AvgIpc) is 3.65. The van der Waals surface area contributed by atoms with Gasteiger partial charge in [-0.1, -0.05) is 0 Å². The number of likely N-dealkylation sites (tertiary alicyclic amines) is 1. The molecule has 4 rings (SSSR count). The minimum absolute atomic E-state index is 0.0252. The first kappa shape index (κ1) is 25.0. The van der Waals surface area contributed by atoms with E-state index in [1.54, 1.807) is 24.3 Å². The zero-order valence-corrected chi connectivity index (χ0v) is 21.1. The summed E-state index contributed by atoms with van der Waals surface area (Å²) in [6.45, 7) is 7.57. The van der Waals surface area contributed by atoms with E-state index < -0.39 is 0 Å². The first-order chi connectivity index (χ1) is 16.9. The Balaban J connectivity index is 1.36. The highest BCUT2D eigenvalue weighted by Crippen LogP contribution is 2.37. The number of carbonyl (C=O) groups excluding carboxylic acids is 1. The molecule has 1 N–H and O–H groups in total. The molecular formula is C26H36N4O5. The van der Waals surface area contributed by atoms with Crippen LogP contribution in [0.1, 0.15) is 50.9 Å². The lowest BCUT2D eigenvalue weighted by Gasteiger charge is -2.32. The van der Waals surface area contributed by atoms with Gasteiger partial charge in [0.2, 0.25) is 5.75 Å². The molecule has 2 aromatic rings. The van der Waals surface area contributed by atoms with Crippen molar-refractivity contribution in [2.45, 2.75) is 71.2 Å². The van der Waals surface area contributed by atoms with Crippen molar-refractivity contribution in [3.63, 3.8) is 0 Å². The lowest BCUT2D eigenvalue weighted by Crippen LogP contribution is -2.42. The Bertz CT molecular complexity index is 1000. The molecule has 0 radical (unpaired) electrons. The summed E-state index contributed by atoms with van der Waals surface area (Å²) in [7, 11) is 1.60. The van der Waals surface area contributed by atoms with Gasteiger partial charge in [-0.15, -0.1) is 0 Å². The van der Waals surface area contributed by atoms with E-state index in [0.717, 1.165) is 36.3 Å². The Morgan fingerprint density at radius 3 is 2.57 bits per heavy atom. The van der Waals surface area contributed by atoms with Crippen LogP contribution in [0.15, 0.2) is 24.4 Å². The third kappa shape index (κ3) is 6.97. The third-order valence-corrected chi connectivity index (χ3v) is 6.04. The summed E-state index contributed by atoms with van der Waals surface area (Å²) in [4.78, 5) is 23.0. The minimum atomic E-state index is -0.267. The highest BCUT2D eigenvalue weighted by Gasteiger charge is 2.27. The number of aromatic nitrogens is 2. The van der Waals surface area contributed by atoms with Crippen molar-refractivity contribution in [1.29, 1.82) is 0 Å². The average molecular weight is 485 g/mol. The topological polar surface area (TPSA) is 95.0 Å².